The zero-order valence-electron chi connectivity index (χ0n) is 29.6. The molecule has 278 valence electrons. The van der Waals surface area contributed by atoms with Crippen molar-refractivity contribution in [1.29, 1.82) is 0 Å². The van der Waals surface area contributed by atoms with Crippen molar-refractivity contribution in [2.75, 3.05) is 21.3 Å². The highest BCUT2D eigenvalue weighted by Gasteiger charge is 2.25. The molecule has 0 aliphatic carbocycles. The summed E-state index contributed by atoms with van der Waals surface area (Å²) in [5, 5.41) is 7.73. The molecular weight excluding hydrogens is 697 g/mol. The van der Waals surface area contributed by atoms with Crippen LogP contribution in [0.5, 0.6) is 17.2 Å². The summed E-state index contributed by atoms with van der Waals surface area (Å²) in [6.45, 7) is 3.93. The molecule has 0 aliphatic rings. The van der Waals surface area contributed by atoms with Crippen LogP contribution in [0.2, 0.25) is 0 Å². The van der Waals surface area contributed by atoms with E-state index in [1.54, 1.807) is 72.8 Å². The molecular formula is C36H42N3O12P. The van der Waals surface area contributed by atoms with Gasteiger partial charge in [-0.1, -0.05) is 36.4 Å². The molecule has 3 N–H and O–H groups in total. The van der Waals surface area contributed by atoms with Crippen LogP contribution in [0.3, 0.4) is 0 Å². The molecule has 3 rings (SSSR count). The molecule has 15 nitrogen and oxygen atoms in total. The molecule has 0 saturated heterocycles. The van der Waals surface area contributed by atoms with Crippen LogP contribution in [0.1, 0.15) is 37.5 Å². The second-order valence-corrected chi connectivity index (χ2v) is 12.4. The Balaban J connectivity index is 1.81. The van der Waals surface area contributed by atoms with Crippen LogP contribution in [0, 0.1) is 0 Å². The van der Waals surface area contributed by atoms with Crippen LogP contribution in [0.25, 0.3) is 0 Å². The highest BCUT2D eigenvalue weighted by Crippen LogP contribution is 2.42. The lowest BCUT2D eigenvalue weighted by molar-refractivity contribution is -0.145. The number of hydrogen-bond acceptors (Lipinski definition) is 12. The summed E-state index contributed by atoms with van der Waals surface area (Å²) in [6, 6.07) is 17.7. The minimum absolute atomic E-state index is 0.185. The molecule has 3 aromatic carbocycles. The van der Waals surface area contributed by atoms with Gasteiger partial charge in [0.15, 0.2) is 0 Å². The van der Waals surface area contributed by atoms with Crippen LogP contribution >= 0.6 is 8.60 Å². The Bertz CT molecular complexity index is 1490. The topological polar surface area (TPSA) is 194 Å². The maximum Gasteiger partial charge on any atom is 0.530 e. The number of hydrogen-bond donors (Lipinski definition) is 3. The standard InChI is InChI=1S/C36H42N3O12P/c1-22(40)37-31(34(43)46-4)19-25-7-13-28(14-8-25)49-52(50-29-15-9-26(10-16-29)20-32(35(44)47-5)38-23(2)41)51-30-17-11-27(12-18-30)21-33(36(45)48-6)39-24(3)42/h7-18,31-33H,19-21H2,1-6H3,(H,37,40)(H,38,41)(H,39,42)/t31-,32-,33-/m0/s1. The quantitative estimate of drug-likeness (QED) is 0.0982. The minimum atomic E-state index is -2.14. The van der Waals surface area contributed by atoms with Crippen LogP contribution in [-0.4, -0.2) is 75.1 Å². The van der Waals surface area contributed by atoms with Gasteiger partial charge in [0.25, 0.3) is 0 Å². The first-order chi connectivity index (χ1) is 24.8. The molecule has 0 aliphatic heterocycles. The summed E-state index contributed by atoms with van der Waals surface area (Å²) in [4.78, 5) is 71.3. The first kappa shape index (κ1) is 40.7. The van der Waals surface area contributed by atoms with Gasteiger partial charge in [-0.25, -0.2) is 14.4 Å². The lowest BCUT2D eigenvalue weighted by Crippen LogP contribution is -2.41. The summed E-state index contributed by atoms with van der Waals surface area (Å²) in [6.07, 6.45) is 0.555. The third-order valence-electron chi connectivity index (χ3n) is 7.22. The number of nitrogens with one attached hydrogen (secondary N) is 3. The zero-order chi connectivity index (χ0) is 38.2. The minimum Gasteiger partial charge on any atom is -0.467 e. The number of esters is 3. The number of ether oxygens (including phenoxy) is 3. The normalized spacial score (nSPS) is 12.3. The maximum absolute atomic E-state index is 12.2. The fourth-order valence-corrected chi connectivity index (χ4v) is 5.82. The molecule has 0 heterocycles. The lowest BCUT2D eigenvalue weighted by Gasteiger charge is -2.20. The number of amides is 3. The summed E-state index contributed by atoms with van der Waals surface area (Å²) >= 11 is 0. The number of benzene rings is 3. The molecule has 3 aromatic rings. The molecule has 0 spiro atoms. The Kier molecular flexibility index (Phi) is 15.8. The molecule has 16 heteroatoms. The third kappa shape index (κ3) is 13.6. The van der Waals surface area contributed by atoms with Gasteiger partial charge in [-0.05, 0) is 53.1 Å². The van der Waals surface area contributed by atoms with Gasteiger partial charge in [-0.3, -0.25) is 14.4 Å². The van der Waals surface area contributed by atoms with Crippen molar-refractivity contribution < 1.29 is 56.5 Å². The van der Waals surface area contributed by atoms with E-state index < -0.39 is 44.6 Å². The van der Waals surface area contributed by atoms with Gasteiger partial charge in [-0.15, -0.1) is 0 Å². The fourth-order valence-electron chi connectivity index (χ4n) is 4.82. The van der Waals surface area contributed by atoms with Gasteiger partial charge in [0.2, 0.25) is 17.7 Å². The van der Waals surface area contributed by atoms with E-state index in [1.165, 1.54) is 42.1 Å². The second-order valence-electron chi connectivity index (χ2n) is 11.4. The van der Waals surface area contributed by atoms with Crippen molar-refractivity contribution in [1.82, 2.24) is 16.0 Å². The fraction of sp³-hybridized carbons (Fsp3) is 0.333. The molecule has 0 bridgehead atoms. The molecule has 3 atom stereocenters. The molecule has 52 heavy (non-hydrogen) atoms. The summed E-state index contributed by atoms with van der Waals surface area (Å²) in [7, 11) is 1.59. The van der Waals surface area contributed by atoms with Crippen molar-refractivity contribution in [2.24, 2.45) is 0 Å². The molecule has 0 aromatic heterocycles. The van der Waals surface area contributed by atoms with Crippen LogP contribution in [0.4, 0.5) is 0 Å². The first-order valence-electron chi connectivity index (χ1n) is 16.0. The van der Waals surface area contributed by atoms with E-state index in [4.69, 9.17) is 27.8 Å². The third-order valence-corrected chi connectivity index (χ3v) is 8.30. The Morgan fingerprint density at radius 3 is 0.885 bits per heavy atom. The highest BCUT2D eigenvalue weighted by atomic mass is 31.2. The Morgan fingerprint density at radius 2 is 0.692 bits per heavy atom. The monoisotopic (exact) mass is 739 g/mol. The van der Waals surface area contributed by atoms with Crippen molar-refractivity contribution >= 4 is 44.2 Å². The first-order valence-corrected chi connectivity index (χ1v) is 17.0. The highest BCUT2D eigenvalue weighted by molar-refractivity contribution is 7.43. The molecule has 0 radical (unpaired) electrons. The SMILES string of the molecule is COC(=O)[C@H](Cc1ccc(OP(Oc2ccc(C[C@H](NC(C)=O)C(=O)OC)cc2)Oc2ccc(C[C@H](NC(C)=O)C(=O)OC)cc2)cc1)NC(C)=O. The predicted molar refractivity (Wildman–Crippen MR) is 188 cm³/mol. The molecule has 0 saturated carbocycles. The van der Waals surface area contributed by atoms with Gasteiger partial charge in [0, 0.05) is 40.0 Å². The molecule has 3 amide bonds. The van der Waals surface area contributed by atoms with E-state index in [-0.39, 0.29) is 37.0 Å². The van der Waals surface area contributed by atoms with E-state index in [1.807, 2.05) is 0 Å². The Labute approximate surface area is 302 Å². The number of methoxy groups -OCH3 is 3. The maximum atomic E-state index is 12.2. The predicted octanol–water partition coefficient (Wildman–Crippen LogP) is 3.11. The van der Waals surface area contributed by atoms with Crippen molar-refractivity contribution in [3.8, 4) is 17.2 Å². The summed E-state index contributed by atoms with van der Waals surface area (Å²) in [5.74, 6) is -1.71. The smallest absolute Gasteiger partial charge is 0.467 e. The molecule has 0 unspecified atom stereocenters. The van der Waals surface area contributed by atoms with Gasteiger partial charge >= 0.3 is 26.5 Å². The van der Waals surface area contributed by atoms with E-state index in [0.29, 0.717) is 17.2 Å². The largest absolute Gasteiger partial charge is 0.530 e. The van der Waals surface area contributed by atoms with Crippen LogP contribution in [-0.2, 0) is 62.2 Å². The van der Waals surface area contributed by atoms with E-state index in [9.17, 15) is 28.8 Å². The second kappa shape index (κ2) is 20.2. The number of carbonyl (C=O) groups is 6. The van der Waals surface area contributed by atoms with Crippen molar-refractivity contribution in [2.45, 2.75) is 58.2 Å². The summed E-state index contributed by atoms with van der Waals surface area (Å²) < 4.78 is 32.8. The van der Waals surface area contributed by atoms with Crippen molar-refractivity contribution in [3.63, 3.8) is 0 Å². The Hall–Kier alpha value is -5.69. The van der Waals surface area contributed by atoms with E-state index in [2.05, 4.69) is 16.0 Å². The number of rotatable bonds is 18. The van der Waals surface area contributed by atoms with Gasteiger partial charge < -0.3 is 43.7 Å². The van der Waals surface area contributed by atoms with Crippen molar-refractivity contribution in [3.05, 3.63) is 89.5 Å². The summed E-state index contributed by atoms with van der Waals surface area (Å²) in [5.41, 5.74) is 2.17. The average molecular weight is 740 g/mol. The van der Waals surface area contributed by atoms with Gasteiger partial charge in [0.1, 0.15) is 35.4 Å². The van der Waals surface area contributed by atoms with Gasteiger partial charge in [-0.2, -0.15) is 0 Å². The van der Waals surface area contributed by atoms with Gasteiger partial charge in [0.05, 0.1) is 21.3 Å². The van der Waals surface area contributed by atoms with E-state index >= 15 is 0 Å². The number of carbonyl (C=O) groups excluding carboxylic acids is 6. The molecule has 0 fully saturated rings. The van der Waals surface area contributed by atoms with Crippen LogP contribution < -0.4 is 29.5 Å². The zero-order valence-corrected chi connectivity index (χ0v) is 30.5. The average Bonchev–Trinajstić information content (AvgIpc) is 3.11. The van der Waals surface area contributed by atoms with Crippen LogP contribution in [0.15, 0.2) is 72.8 Å². The Morgan fingerprint density at radius 1 is 0.462 bits per heavy atom. The lowest BCUT2D eigenvalue weighted by atomic mass is 10.1. The van der Waals surface area contributed by atoms with E-state index in [0.717, 1.165) is 16.7 Å².